The molecule has 0 aromatic heterocycles. The van der Waals surface area contributed by atoms with Crippen molar-refractivity contribution < 1.29 is 14.4 Å². The van der Waals surface area contributed by atoms with Gasteiger partial charge in [-0.3, -0.25) is 14.4 Å². The standard InChI is InChI=1S/C18H16ClN3O3/c19-12-5-7-13(8-6-12)22-10-11(9-16(22)23)18(25)21-15-4-2-1-3-14(15)17(20)24/h1-8,11H,9-10H2,(H2,20,24)(H,21,25). The quantitative estimate of drug-likeness (QED) is 0.880. The molecular formula is C18H16ClN3O3. The van der Waals surface area contributed by atoms with Crippen LogP contribution in [-0.4, -0.2) is 24.3 Å². The lowest BCUT2D eigenvalue weighted by Gasteiger charge is -2.17. The topological polar surface area (TPSA) is 92.5 Å². The van der Waals surface area contributed by atoms with Gasteiger partial charge >= 0.3 is 0 Å². The van der Waals surface area contributed by atoms with Crippen LogP contribution in [0.4, 0.5) is 11.4 Å². The molecule has 1 aliphatic rings. The molecule has 3 N–H and O–H groups in total. The second-order valence-electron chi connectivity index (χ2n) is 5.78. The Morgan fingerprint density at radius 3 is 2.48 bits per heavy atom. The summed E-state index contributed by atoms with van der Waals surface area (Å²) >= 11 is 5.86. The summed E-state index contributed by atoms with van der Waals surface area (Å²) < 4.78 is 0. The van der Waals surface area contributed by atoms with Crippen molar-refractivity contribution in [3.63, 3.8) is 0 Å². The average Bonchev–Trinajstić information content (AvgIpc) is 2.98. The van der Waals surface area contributed by atoms with Crippen molar-refractivity contribution in [2.45, 2.75) is 6.42 Å². The van der Waals surface area contributed by atoms with Crippen molar-refractivity contribution in [2.24, 2.45) is 11.7 Å². The van der Waals surface area contributed by atoms with E-state index in [-0.39, 0.29) is 30.3 Å². The summed E-state index contributed by atoms with van der Waals surface area (Å²) in [6.07, 6.45) is 0.104. The van der Waals surface area contributed by atoms with Crippen molar-refractivity contribution in [3.8, 4) is 0 Å². The highest BCUT2D eigenvalue weighted by Crippen LogP contribution is 2.27. The number of carbonyl (C=O) groups excluding carboxylic acids is 3. The Labute approximate surface area is 149 Å². The van der Waals surface area contributed by atoms with E-state index in [4.69, 9.17) is 17.3 Å². The second-order valence-corrected chi connectivity index (χ2v) is 6.22. The fraction of sp³-hybridized carbons (Fsp3) is 0.167. The molecule has 7 heteroatoms. The maximum atomic E-state index is 12.5. The third-order valence-corrected chi connectivity index (χ3v) is 4.34. The van der Waals surface area contributed by atoms with Crippen LogP contribution in [0.2, 0.25) is 5.02 Å². The number of halogens is 1. The predicted molar refractivity (Wildman–Crippen MR) is 95.5 cm³/mol. The van der Waals surface area contributed by atoms with Crippen molar-refractivity contribution in [1.82, 2.24) is 0 Å². The van der Waals surface area contributed by atoms with Crippen LogP contribution >= 0.6 is 11.6 Å². The molecule has 128 valence electrons. The number of anilines is 2. The van der Waals surface area contributed by atoms with Gasteiger partial charge in [0.1, 0.15) is 0 Å². The van der Waals surface area contributed by atoms with E-state index in [1.165, 1.54) is 6.07 Å². The zero-order valence-corrected chi connectivity index (χ0v) is 14.0. The molecule has 6 nitrogen and oxygen atoms in total. The normalized spacial score (nSPS) is 16.8. The first kappa shape index (κ1) is 17.0. The highest BCUT2D eigenvalue weighted by Gasteiger charge is 2.35. The minimum Gasteiger partial charge on any atom is -0.366 e. The first-order valence-electron chi connectivity index (χ1n) is 7.71. The van der Waals surface area contributed by atoms with Crippen LogP contribution < -0.4 is 16.0 Å². The Hall–Kier alpha value is -2.86. The smallest absolute Gasteiger partial charge is 0.250 e. The van der Waals surface area contributed by atoms with Gasteiger partial charge in [0.25, 0.3) is 5.91 Å². The summed E-state index contributed by atoms with van der Waals surface area (Å²) in [6.45, 7) is 0.269. The number of para-hydroxylation sites is 1. The second kappa shape index (κ2) is 6.94. The molecule has 1 aliphatic heterocycles. The number of rotatable bonds is 4. The number of amides is 3. The Morgan fingerprint density at radius 2 is 1.80 bits per heavy atom. The van der Waals surface area contributed by atoms with Crippen LogP contribution in [0, 0.1) is 5.92 Å². The Bertz CT molecular complexity index is 836. The van der Waals surface area contributed by atoms with E-state index in [1.54, 1.807) is 47.4 Å². The summed E-state index contributed by atoms with van der Waals surface area (Å²) in [6, 6.07) is 13.4. The maximum absolute atomic E-state index is 12.5. The minimum absolute atomic E-state index is 0.104. The average molecular weight is 358 g/mol. The van der Waals surface area contributed by atoms with Gasteiger partial charge in [-0.2, -0.15) is 0 Å². The molecule has 0 bridgehead atoms. The Balaban J connectivity index is 1.73. The largest absolute Gasteiger partial charge is 0.366 e. The highest BCUT2D eigenvalue weighted by atomic mass is 35.5. The van der Waals surface area contributed by atoms with Crippen LogP contribution in [0.5, 0.6) is 0 Å². The predicted octanol–water partition coefficient (Wildman–Crippen LogP) is 2.43. The van der Waals surface area contributed by atoms with Gasteiger partial charge in [0.15, 0.2) is 0 Å². The van der Waals surface area contributed by atoms with E-state index in [2.05, 4.69) is 5.32 Å². The van der Waals surface area contributed by atoms with E-state index >= 15 is 0 Å². The number of nitrogens with zero attached hydrogens (tertiary/aromatic N) is 1. The van der Waals surface area contributed by atoms with Gasteiger partial charge in [0, 0.05) is 23.7 Å². The molecule has 1 unspecified atom stereocenters. The van der Waals surface area contributed by atoms with E-state index in [1.807, 2.05) is 0 Å². The Morgan fingerprint density at radius 1 is 1.12 bits per heavy atom. The molecule has 1 atom stereocenters. The number of primary amides is 1. The summed E-state index contributed by atoms with van der Waals surface area (Å²) in [5.41, 5.74) is 6.59. The first-order chi connectivity index (χ1) is 12.0. The molecule has 3 amide bonds. The van der Waals surface area contributed by atoms with Crippen molar-refractivity contribution >= 4 is 40.7 Å². The first-order valence-corrected chi connectivity index (χ1v) is 8.09. The van der Waals surface area contributed by atoms with Crippen LogP contribution in [-0.2, 0) is 9.59 Å². The van der Waals surface area contributed by atoms with Crippen LogP contribution in [0.1, 0.15) is 16.8 Å². The molecule has 1 fully saturated rings. The zero-order valence-electron chi connectivity index (χ0n) is 13.2. The van der Waals surface area contributed by atoms with Crippen molar-refractivity contribution in [1.29, 1.82) is 0 Å². The number of hydrogen-bond donors (Lipinski definition) is 2. The number of hydrogen-bond acceptors (Lipinski definition) is 3. The monoisotopic (exact) mass is 357 g/mol. The van der Waals surface area contributed by atoms with Gasteiger partial charge < -0.3 is 16.0 Å². The molecule has 0 aliphatic carbocycles. The SMILES string of the molecule is NC(=O)c1ccccc1NC(=O)C1CC(=O)N(c2ccc(Cl)cc2)C1. The van der Waals surface area contributed by atoms with E-state index in [0.29, 0.717) is 16.4 Å². The minimum atomic E-state index is -0.624. The molecule has 0 spiro atoms. The van der Waals surface area contributed by atoms with Gasteiger partial charge in [0.2, 0.25) is 11.8 Å². The van der Waals surface area contributed by atoms with Gasteiger partial charge in [-0.1, -0.05) is 23.7 Å². The summed E-state index contributed by atoms with van der Waals surface area (Å²) in [5.74, 6) is -1.59. The molecule has 0 saturated carbocycles. The third kappa shape index (κ3) is 3.64. The zero-order chi connectivity index (χ0) is 18.0. The number of carbonyl (C=O) groups is 3. The summed E-state index contributed by atoms with van der Waals surface area (Å²) in [4.78, 5) is 37.7. The van der Waals surface area contributed by atoms with Crippen LogP contribution in [0.25, 0.3) is 0 Å². The molecule has 1 heterocycles. The summed E-state index contributed by atoms with van der Waals surface area (Å²) in [7, 11) is 0. The maximum Gasteiger partial charge on any atom is 0.250 e. The molecular weight excluding hydrogens is 342 g/mol. The molecule has 2 aromatic carbocycles. The number of nitrogens with two attached hydrogens (primary N) is 1. The van der Waals surface area contributed by atoms with Gasteiger partial charge in [-0.15, -0.1) is 0 Å². The van der Waals surface area contributed by atoms with Gasteiger partial charge in [-0.05, 0) is 36.4 Å². The fourth-order valence-electron chi connectivity index (χ4n) is 2.80. The molecule has 25 heavy (non-hydrogen) atoms. The van der Waals surface area contributed by atoms with Crippen LogP contribution in [0.15, 0.2) is 48.5 Å². The summed E-state index contributed by atoms with van der Waals surface area (Å²) in [5, 5.41) is 3.27. The van der Waals surface area contributed by atoms with E-state index in [0.717, 1.165) is 0 Å². The molecule has 1 saturated heterocycles. The van der Waals surface area contributed by atoms with E-state index in [9.17, 15) is 14.4 Å². The third-order valence-electron chi connectivity index (χ3n) is 4.08. The Kier molecular flexibility index (Phi) is 4.72. The van der Waals surface area contributed by atoms with Gasteiger partial charge in [0.05, 0.1) is 17.2 Å². The lowest BCUT2D eigenvalue weighted by molar-refractivity contribution is -0.122. The molecule has 2 aromatic rings. The number of benzene rings is 2. The van der Waals surface area contributed by atoms with E-state index < -0.39 is 11.8 Å². The lowest BCUT2D eigenvalue weighted by Crippen LogP contribution is -2.28. The lowest BCUT2D eigenvalue weighted by atomic mass is 10.1. The van der Waals surface area contributed by atoms with Gasteiger partial charge in [-0.25, -0.2) is 0 Å². The fourth-order valence-corrected chi connectivity index (χ4v) is 2.92. The van der Waals surface area contributed by atoms with Crippen molar-refractivity contribution in [2.75, 3.05) is 16.8 Å². The molecule has 3 rings (SSSR count). The molecule has 0 radical (unpaired) electrons. The van der Waals surface area contributed by atoms with Crippen molar-refractivity contribution in [3.05, 3.63) is 59.1 Å². The van der Waals surface area contributed by atoms with Crippen LogP contribution in [0.3, 0.4) is 0 Å². The number of nitrogens with one attached hydrogen (secondary N) is 1. The highest BCUT2D eigenvalue weighted by molar-refractivity contribution is 6.30.